The number of rotatable bonds is 7. The number of benzene rings is 2. The molecule has 0 aliphatic carbocycles. The van der Waals surface area contributed by atoms with Crippen LogP contribution < -0.4 is 16.0 Å². The van der Waals surface area contributed by atoms with E-state index in [-0.39, 0.29) is 16.4 Å². The maximum Gasteiger partial charge on any atom is 0.276 e. The molecule has 0 aliphatic heterocycles. The normalized spacial score (nSPS) is 12.8. The van der Waals surface area contributed by atoms with Crippen LogP contribution in [0.3, 0.4) is 0 Å². The first kappa shape index (κ1) is 23.1. The molecule has 0 saturated heterocycles. The van der Waals surface area contributed by atoms with E-state index >= 15 is 0 Å². The van der Waals surface area contributed by atoms with E-state index in [1.54, 1.807) is 12.1 Å². The Morgan fingerprint density at radius 3 is 2.55 bits per heavy atom. The van der Waals surface area contributed by atoms with E-state index in [0.29, 0.717) is 30.5 Å². The van der Waals surface area contributed by atoms with Crippen molar-refractivity contribution in [1.29, 1.82) is 0 Å². The fourth-order valence-electron chi connectivity index (χ4n) is 3.85. The van der Waals surface area contributed by atoms with Crippen LogP contribution in [0.4, 0.5) is 0 Å². The third-order valence-corrected chi connectivity index (χ3v) is 7.76. The number of amides is 1. The van der Waals surface area contributed by atoms with E-state index in [4.69, 9.17) is 5.14 Å². The Labute approximate surface area is 195 Å². The molecule has 2 heterocycles. The van der Waals surface area contributed by atoms with Crippen LogP contribution >= 0.6 is 11.3 Å². The highest BCUT2D eigenvalue weighted by molar-refractivity contribution is 7.89. The number of primary sulfonamides is 1. The van der Waals surface area contributed by atoms with Crippen molar-refractivity contribution in [3.05, 3.63) is 70.1 Å². The van der Waals surface area contributed by atoms with Crippen LogP contribution in [0.1, 0.15) is 30.6 Å². The Morgan fingerprint density at radius 2 is 1.88 bits per heavy atom. The standard InChI is InChI=1S/C23H24N4O4S2/c1-3-18(22(28)25-13-12-15-8-10-16(11-9-15)33(24,30)31)27-23(29)20-17-6-4-5-7-19(17)32-21(20)14(2)26-27/h4-11,18H,3,12-13H2,1-2H3,(H,25,28)(H2,24,30,31). The van der Waals surface area contributed by atoms with Crippen LogP contribution in [0.15, 0.2) is 58.2 Å². The molecule has 172 valence electrons. The number of carbonyl (C=O) groups excluding carboxylic acids is 1. The topological polar surface area (TPSA) is 124 Å². The van der Waals surface area contributed by atoms with Gasteiger partial charge >= 0.3 is 0 Å². The van der Waals surface area contributed by atoms with Gasteiger partial charge < -0.3 is 5.32 Å². The molecular weight excluding hydrogens is 460 g/mol. The second-order valence-corrected chi connectivity index (χ2v) is 10.4. The van der Waals surface area contributed by atoms with E-state index in [2.05, 4.69) is 10.4 Å². The number of thiophene rings is 1. The number of aromatic nitrogens is 2. The van der Waals surface area contributed by atoms with Crippen molar-refractivity contribution in [1.82, 2.24) is 15.1 Å². The van der Waals surface area contributed by atoms with Gasteiger partial charge in [0.25, 0.3) is 5.56 Å². The maximum atomic E-state index is 13.3. The Kier molecular flexibility index (Phi) is 6.33. The first-order valence-corrected chi connectivity index (χ1v) is 12.9. The molecule has 0 radical (unpaired) electrons. The third-order valence-electron chi connectivity index (χ3n) is 5.55. The molecule has 2 aromatic heterocycles. The number of hydrogen-bond donors (Lipinski definition) is 2. The van der Waals surface area contributed by atoms with Crippen molar-refractivity contribution in [3.8, 4) is 0 Å². The van der Waals surface area contributed by atoms with E-state index in [0.717, 1.165) is 20.3 Å². The van der Waals surface area contributed by atoms with Gasteiger partial charge in [-0.25, -0.2) is 18.2 Å². The molecule has 3 N–H and O–H groups in total. The van der Waals surface area contributed by atoms with E-state index in [9.17, 15) is 18.0 Å². The Morgan fingerprint density at radius 1 is 1.18 bits per heavy atom. The predicted molar refractivity (Wildman–Crippen MR) is 130 cm³/mol. The average molecular weight is 485 g/mol. The smallest absolute Gasteiger partial charge is 0.276 e. The molecule has 1 amide bonds. The molecule has 1 atom stereocenters. The molecule has 4 aromatic rings. The SMILES string of the molecule is CCC(C(=O)NCCc1ccc(S(N)(=O)=O)cc1)n1nc(C)c2sc3ccccc3c2c1=O. The van der Waals surface area contributed by atoms with Gasteiger partial charge in [-0.2, -0.15) is 5.10 Å². The van der Waals surface area contributed by atoms with Crippen LogP contribution in [-0.2, 0) is 21.2 Å². The zero-order valence-electron chi connectivity index (χ0n) is 18.2. The highest BCUT2D eigenvalue weighted by Gasteiger charge is 2.24. The molecule has 10 heteroatoms. The van der Waals surface area contributed by atoms with Crippen LogP contribution in [0, 0.1) is 6.92 Å². The number of nitrogens with two attached hydrogens (primary N) is 1. The van der Waals surface area contributed by atoms with Gasteiger partial charge in [-0.3, -0.25) is 9.59 Å². The van der Waals surface area contributed by atoms with Crippen LogP contribution in [0.5, 0.6) is 0 Å². The summed E-state index contributed by atoms with van der Waals surface area (Å²) in [6, 6.07) is 13.2. The maximum absolute atomic E-state index is 13.3. The minimum Gasteiger partial charge on any atom is -0.354 e. The van der Waals surface area contributed by atoms with Gasteiger partial charge in [0.15, 0.2) is 0 Å². The van der Waals surface area contributed by atoms with Crippen LogP contribution in [0.2, 0.25) is 0 Å². The minimum atomic E-state index is -3.74. The largest absolute Gasteiger partial charge is 0.354 e. The third kappa shape index (κ3) is 4.54. The summed E-state index contributed by atoms with van der Waals surface area (Å²) in [5, 5.41) is 13.9. The molecule has 8 nitrogen and oxygen atoms in total. The van der Waals surface area contributed by atoms with Crippen LogP contribution in [-0.4, -0.2) is 30.7 Å². The van der Waals surface area contributed by atoms with Gasteiger partial charge in [0.1, 0.15) is 6.04 Å². The van der Waals surface area contributed by atoms with E-state index in [1.165, 1.54) is 28.2 Å². The zero-order valence-corrected chi connectivity index (χ0v) is 19.9. The Hall–Kier alpha value is -3.08. The lowest BCUT2D eigenvalue weighted by Crippen LogP contribution is -2.39. The van der Waals surface area contributed by atoms with Crippen molar-refractivity contribution in [2.75, 3.05) is 6.54 Å². The van der Waals surface area contributed by atoms with Crippen molar-refractivity contribution < 1.29 is 13.2 Å². The summed E-state index contributed by atoms with van der Waals surface area (Å²) >= 11 is 1.53. The van der Waals surface area contributed by atoms with E-state index in [1.807, 2.05) is 38.1 Å². The summed E-state index contributed by atoms with van der Waals surface area (Å²) in [6.07, 6.45) is 0.914. The summed E-state index contributed by atoms with van der Waals surface area (Å²) in [5.41, 5.74) is 1.30. The molecule has 1 unspecified atom stereocenters. The number of sulfonamides is 1. The summed E-state index contributed by atoms with van der Waals surface area (Å²) in [6.45, 7) is 4.03. The van der Waals surface area contributed by atoms with E-state index < -0.39 is 16.1 Å². The van der Waals surface area contributed by atoms with Gasteiger partial charge in [0, 0.05) is 16.6 Å². The molecule has 0 spiro atoms. The number of fused-ring (bicyclic) bond motifs is 3. The zero-order chi connectivity index (χ0) is 23.8. The van der Waals surface area contributed by atoms with Gasteiger partial charge in [-0.1, -0.05) is 37.3 Å². The predicted octanol–water partition coefficient (Wildman–Crippen LogP) is 2.88. The number of hydrogen-bond acceptors (Lipinski definition) is 6. The second-order valence-electron chi connectivity index (χ2n) is 7.79. The highest BCUT2D eigenvalue weighted by atomic mass is 32.2. The number of nitrogens with one attached hydrogen (secondary N) is 1. The first-order valence-electron chi connectivity index (χ1n) is 10.5. The van der Waals surface area contributed by atoms with Gasteiger partial charge in [0.05, 0.1) is 20.7 Å². The summed E-state index contributed by atoms with van der Waals surface area (Å²) in [5.74, 6) is -0.286. The lowest BCUT2D eigenvalue weighted by atomic mass is 10.1. The highest BCUT2D eigenvalue weighted by Crippen LogP contribution is 2.33. The monoisotopic (exact) mass is 484 g/mol. The van der Waals surface area contributed by atoms with Gasteiger partial charge in [-0.15, -0.1) is 11.3 Å². The first-order chi connectivity index (χ1) is 15.7. The van der Waals surface area contributed by atoms with Gasteiger partial charge in [-0.05, 0) is 43.5 Å². The number of aryl methyl sites for hydroxylation is 1. The molecule has 0 bridgehead atoms. The summed E-state index contributed by atoms with van der Waals surface area (Å²) in [4.78, 5) is 26.3. The molecule has 0 saturated carbocycles. The van der Waals surface area contributed by atoms with Gasteiger partial charge in [0.2, 0.25) is 15.9 Å². The minimum absolute atomic E-state index is 0.0403. The Bertz CT molecular complexity index is 1510. The molecule has 0 aliphatic rings. The molecule has 2 aromatic carbocycles. The van der Waals surface area contributed by atoms with Crippen molar-refractivity contribution in [2.45, 2.75) is 37.6 Å². The van der Waals surface area contributed by atoms with Crippen LogP contribution in [0.25, 0.3) is 20.2 Å². The fourth-order valence-corrected chi connectivity index (χ4v) is 5.50. The molecule has 0 fully saturated rings. The summed E-state index contributed by atoms with van der Waals surface area (Å²) < 4.78 is 25.9. The molecule has 33 heavy (non-hydrogen) atoms. The lowest BCUT2D eigenvalue weighted by molar-refractivity contribution is -0.124. The Balaban J connectivity index is 1.54. The van der Waals surface area contributed by atoms with Crippen molar-refractivity contribution >= 4 is 47.4 Å². The average Bonchev–Trinajstić information content (AvgIpc) is 3.18. The number of nitrogens with zero attached hydrogens (tertiary/aromatic N) is 2. The van der Waals surface area contributed by atoms with Crippen molar-refractivity contribution in [3.63, 3.8) is 0 Å². The fraction of sp³-hybridized carbons (Fsp3) is 0.261. The lowest BCUT2D eigenvalue weighted by Gasteiger charge is -2.17. The summed E-state index contributed by atoms with van der Waals surface area (Å²) in [7, 11) is -3.74. The molecular formula is C23H24N4O4S2. The number of carbonyl (C=O) groups is 1. The van der Waals surface area contributed by atoms with Crippen molar-refractivity contribution in [2.24, 2.45) is 5.14 Å². The quantitative estimate of drug-likeness (QED) is 0.417. The molecule has 4 rings (SSSR count). The second kappa shape index (κ2) is 9.05.